The molecule has 1 atom stereocenters. The van der Waals surface area contributed by atoms with Gasteiger partial charge in [0.1, 0.15) is 6.07 Å². The number of benzene rings is 1. The minimum atomic E-state index is -0.610. The van der Waals surface area contributed by atoms with E-state index in [2.05, 4.69) is 21.2 Å². The number of carbonyl (C=O) groups is 1. The van der Waals surface area contributed by atoms with Gasteiger partial charge in [-0.05, 0) is 31.0 Å². The Morgan fingerprint density at radius 3 is 3.00 bits per heavy atom. The third-order valence-electron chi connectivity index (χ3n) is 2.56. The minimum absolute atomic E-state index is 0.300. The predicted molar refractivity (Wildman–Crippen MR) is 76.6 cm³/mol. The van der Waals surface area contributed by atoms with Crippen LogP contribution in [0.4, 0.5) is 5.69 Å². The lowest BCUT2D eigenvalue weighted by atomic mass is 10.1. The molecule has 0 saturated heterocycles. The van der Waals surface area contributed by atoms with Crippen molar-refractivity contribution >= 4 is 27.5 Å². The Hall–Kier alpha value is -1.42. The second kappa shape index (κ2) is 7.89. The van der Waals surface area contributed by atoms with Crippen molar-refractivity contribution in [3.8, 4) is 6.07 Å². The van der Waals surface area contributed by atoms with E-state index in [1.807, 2.05) is 6.07 Å². The van der Waals surface area contributed by atoms with Crippen LogP contribution >= 0.6 is 15.9 Å². The van der Waals surface area contributed by atoms with E-state index in [9.17, 15) is 4.79 Å². The lowest BCUT2D eigenvalue weighted by Gasteiger charge is -2.13. The van der Waals surface area contributed by atoms with Gasteiger partial charge < -0.3 is 15.8 Å². The van der Waals surface area contributed by atoms with Crippen LogP contribution in [0.15, 0.2) is 22.7 Å². The number of nitrogens with two attached hydrogens (primary N) is 1. The molecule has 102 valence electrons. The number of nitrogens with zero attached hydrogens (tertiary/aromatic N) is 1. The molecule has 0 saturated carbocycles. The molecule has 1 unspecified atom stereocenters. The predicted octanol–water partition coefficient (Wildman–Crippen LogP) is 2.01. The Kier molecular flexibility index (Phi) is 6.50. The van der Waals surface area contributed by atoms with Gasteiger partial charge in [-0.2, -0.15) is 5.26 Å². The van der Waals surface area contributed by atoms with Gasteiger partial charge in [0, 0.05) is 18.2 Å². The van der Waals surface area contributed by atoms with E-state index in [0.717, 1.165) is 4.47 Å². The maximum absolute atomic E-state index is 11.9. The fraction of sp³-hybridized carbons (Fsp3) is 0.385. The summed E-state index contributed by atoms with van der Waals surface area (Å²) in [5.74, 6) is -0.300. The normalized spacial score (nSPS) is 11.7. The van der Waals surface area contributed by atoms with Crippen LogP contribution in [0.3, 0.4) is 0 Å². The average Bonchev–Trinajstić information content (AvgIpc) is 2.39. The second-order valence-corrected chi connectivity index (χ2v) is 4.95. The lowest BCUT2D eigenvalue weighted by molar-refractivity contribution is -0.117. The van der Waals surface area contributed by atoms with E-state index in [0.29, 0.717) is 30.7 Å². The van der Waals surface area contributed by atoms with Crippen LogP contribution in [0.25, 0.3) is 0 Å². The van der Waals surface area contributed by atoms with Crippen LogP contribution in [0.2, 0.25) is 0 Å². The Bertz CT molecular complexity index is 485. The fourth-order valence-corrected chi connectivity index (χ4v) is 1.88. The molecule has 0 radical (unpaired) electrons. The summed E-state index contributed by atoms with van der Waals surface area (Å²) in [5.41, 5.74) is 6.64. The second-order valence-electron chi connectivity index (χ2n) is 4.03. The first kappa shape index (κ1) is 15.6. The van der Waals surface area contributed by atoms with Crippen LogP contribution in [0, 0.1) is 11.3 Å². The molecule has 1 amide bonds. The number of hydrogen-bond donors (Lipinski definition) is 2. The van der Waals surface area contributed by atoms with Crippen molar-refractivity contribution in [2.45, 2.75) is 18.9 Å². The van der Waals surface area contributed by atoms with Crippen LogP contribution in [-0.2, 0) is 9.53 Å². The summed E-state index contributed by atoms with van der Waals surface area (Å²) in [6.45, 7) is 0.571. The molecule has 1 rings (SSSR count). The Morgan fingerprint density at radius 1 is 1.63 bits per heavy atom. The van der Waals surface area contributed by atoms with Crippen molar-refractivity contribution in [3.63, 3.8) is 0 Å². The summed E-state index contributed by atoms with van der Waals surface area (Å²) in [7, 11) is 1.60. The number of nitrogens with one attached hydrogen (secondary N) is 1. The van der Waals surface area contributed by atoms with Crippen molar-refractivity contribution in [3.05, 3.63) is 28.2 Å². The Morgan fingerprint density at radius 2 is 2.37 bits per heavy atom. The zero-order chi connectivity index (χ0) is 14.3. The largest absolute Gasteiger partial charge is 0.385 e. The Labute approximate surface area is 120 Å². The molecule has 3 N–H and O–H groups in total. The molecule has 0 fully saturated rings. The molecule has 19 heavy (non-hydrogen) atoms. The third kappa shape index (κ3) is 4.99. The van der Waals surface area contributed by atoms with Gasteiger partial charge >= 0.3 is 0 Å². The number of carbonyl (C=O) groups excluding carboxylic acids is 1. The van der Waals surface area contributed by atoms with Crippen LogP contribution in [0.5, 0.6) is 0 Å². The highest BCUT2D eigenvalue weighted by Crippen LogP contribution is 2.21. The molecule has 0 aliphatic heterocycles. The first-order valence-corrected chi connectivity index (χ1v) is 6.62. The smallest absolute Gasteiger partial charge is 0.241 e. The van der Waals surface area contributed by atoms with Crippen LogP contribution < -0.4 is 11.1 Å². The van der Waals surface area contributed by atoms with E-state index in [4.69, 9.17) is 15.7 Å². The number of anilines is 1. The molecule has 0 spiro atoms. The topological polar surface area (TPSA) is 88.1 Å². The monoisotopic (exact) mass is 325 g/mol. The van der Waals surface area contributed by atoms with Gasteiger partial charge in [0.2, 0.25) is 5.91 Å². The third-order valence-corrected chi connectivity index (χ3v) is 3.05. The molecule has 0 bridgehead atoms. The van der Waals surface area contributed by atoms with Crippen molar-refractivity contribution < 1.29 is 9.53 Å². The van der Waals surface area contributed by atoms with Crippen molar-refractivity contribution in [2.75, 3.05) is 19.0 Å². The van der Waals surface area contributed by atoms with Gasteiger partial charge in [-0.25, -0.2) is 0 Å². The standard InChI is InChI=1S/C13H16BrN3O2/c1-19-6-2-3-11(16)13(18)17-12-7-10(14)5-4-9(12)8-15/h4-5,7,11H,2-3,6,16H2,1H3,(H,17,18). The van der Waals surface area contributed by atoms with Crippen LogP contribution in [-0.4, -0.2) is 25.7 Å². The summed E-state index contributed by atoms with van der Waals surface area (Å²) in [6, 6.07) is 6.47. The zero-order valence-electron chi connectivity index (χ0n) is 10.6. The van der Waals surface area contributed by atoms with Crippen molar-refractivity contribution in [2.24, 2.45) is 5.73 Å². The van der Waals surface area contributed by atoms with E-state index >= 15 is 0 Å². The van der Waals surface area contributed by atoms with Crippen LogP contribution in [0.1, 0.15) is 18.4 Å². The molecule has 0 aliphatic carbocycles. The summed E-state index contributed by atoms with van der Waals surface area (Å²) in [5, 5.41) is 11.6. The number of amides is 1. The van der Waals surface area contributed by atoms with E-state index in [-0.39, 0.29) is 5.91 Å². The molecule has 5 nitrogen and oxygen atoms in total. The van der Waals surface area contributed by atoms with Crippen molar-refractivity contribution in [1.29, 1.82) is 5.26 Å². The van der Waals surface area contributed by atoms with Gasteiger partial charge in [0.25, 0.3) is 0 Å². The van der Waals surface area contributed by atoms with E-state index in [1.54, 1.807) is 25.3 Å². The molecule has 0 aromatic heterocycles. The van der Waals surface area contributed by atoms with Gasteiger partial charge in [-0.15, -0.1) is 0 Å². The highest BCUT2D eigenvalue weighted by atomic mass is 79.9. The van der Waals surface area contributed by atoms with Gasteiger partial charge in [-0.1, -0.05) is 15.9 Å². The maximum Gasteiger partial charge on any atom is 0.241 e. The van der Waals surface area contributed by atoms with E-state index < -0.39 is 6.04 Å². The molecular weight excluding hydrogens is 310 g/mol. The fourth-order valence-electron chi connectivity index (χ4n) is 1.52. The molecule has 6 heteroatoms. The summed E-state index contributed by atoms with van der Waals surface area (Å²) >= 11 is 3.30. The number of hydrogen-bond acceptors (Lipinski definition) is 4. The van der Waals surface area contributed by atoms with E-state index in [1.165, 1.54) is 0 Å². The number of ether oxygens (including phenoxy) is 1. The van der Waals surface area contributed by atoms with Crippen molar-refractivity contribution in [1.82, 2.24) is 0 Å². The highest BCUT2D eigenvalue weighted by Gasteiger charge is 2.15. The summed E-state index contributed by atoms with van der Waals surface area (Å²) < 4.78 is 5.69. The SMILES string of the molecule is COCCCC(N)C(=O)Nc1cc(Br)ccc1C#N. The molecular formula is C13H16BrN3O2. The number of rotatable bonds is 6. The number of nitriles is 1. The first-order chi connectivity index (χ1) is 9.08. The number of methoxy groups -OCH3 is 1. The molecule has 0 heterocycles. The van der Waals surface area contributed by atoms with Gasteiger partial charge in [-0.3, -0.25) is 4.79 Å². The maximum atomic E-state index is 11.9. The summed E-state index contributed by atoms with van der Waals surface area (Å²) in [6.07, 6.45) is 1.25. The highest BCUT2D eigenvalue weighted by molar-refractivity contribution is 9.10. The first-order valence-electron chi connectivity index (χ1n) is 5.83. The average molecular weight is 326 g/mol. The minimum Gasteiger partial charge on any atom is -0.385 e. The zero-order valence-corrected chi connectivity index (χ0v) is 12.2. The molecule has 1 aromatic rings. The summed E-state index contributed by atoms with van der Waals surface area (Å²) in [4.78, 5) is 11.9. The quantitative estimate of drug-likeness (QED) is 0.783. The van der Waals surface area contributed by atoms with Gasteiger partial charge in [0.15, 0.2) is 0 Å². The molecule has 1 aromatic carbocycles. The number of halogens is 1. The molecule has 0 aliphatic rings. The lowest BCUT2D eigenvalue weighted by Crippen LogP contribution is -2.35. The van der Waals surface area contributed by atoms with Gasteiger partial charge in [0.05, 0.1) is 17.3 Å². The Balaban J connectivity index is 2.66.